The molecule has 0 atom stereocenters. The molecule has 0 saturated heterocycles. The van der Waals surface area contributed by atoms with Gasteiger partial charge >= 0.3 is 0 Å². The molecule has 136 valence electrons. The summed E-state index contributed by atoms with van der Waals surface area (Å²) >= 11 is 0. The second-order valence-electron chi connectivity index (χ2n) is 6.95. The molecular weight excluding hydrogens is 334 g/mol. The van der Waals surface area contributed by atoms with Crippen molar-refractivity contribution in [3.8, 4) is 0 Å². The van der Waals surface area contributed by atoms with E-state index in [1.807, 2.05) is 48.0 Å². The van der Waals surface area contributed by atoms with Gasteiger partial charge in [0.25, 0.3) is 0 Å². The van der Waals surface area contributed by atoms with Crippen molar-refractivity contribution < 1.29 is 0 Å². The first-order valence-corrected chi connectivity index (χ1v) is 9.11. The normalized spacial score (nSPS) is 11.1. The fourth-order valence-electron chi connectivity index (χ4n) is 3.05. The van der Waals surface area contributed by atoms with E-state index >= 15 is 0 Å². The summed E-state index contributed by atoms with van der Waals surface area (Å²) in [5.41, 5.74) is 5.23. The Morgan fingerprint density at radius 3 is 2.44 bits per heavy atom. The molecule has 2 heterocycles. The number of aryl methyl sites for hydroxylation is 1. The van der Waals surface area contributed by atoms with Crippen molar-refractivity contribution in [1.82, 2.24) is 14.5 Å². The van der Waals surface area contributed by atoms with Gasteiger partial charge in [0.1, 0.15) is 11.3 Å². The first kappa shape index (κ1) is 17.1. The fraction of sp³-hybridized carbons (Fsp3) is 0.182. The third-order valence-electron chi connectivity index (χ3n) is 4.62. The smallest absolute Gasteiger partial charge is 0.208 e. The molecule has 0 unspecified atom stereocenters. The molecule has 0 fully saturated rings. The van der Waals surface area contributed by atoms with Gasteiger partial charge in [0, 0.05) is 24.5 Å². The molecule has 0 radical (unpaired) electrons. The average Bonchev–Trinajstić information content (AvgIpc) is 2.98. The van der Waals surface area contributed by atoms with Crippen LogP contribution in [0.15, 0.2) is 66.9 Å². The van der Waals surface area contributed by atoms with E-state index in [9.17, 15) is 0 Å². The van der Waals surface area contributed by atoms with Crippen molar-refractivity contribution in [2.24, 2.45) is 7.05 Å². The minimum atomic E-state index is 0.492. The molecule has 0 amide bonds. The standard InChI is InChI=1S/C22H23N5/c1-15(2)16-8-7-11-18(12-16)24-21-13-20-19(14-23-21)26-22(27(20)3)25-17-9-5-4-6-10-17/h4-15H,1-3H3,(H,23,24)(H,25,26). The summed E-state index contributed by atoms with van der Waals surface area (Å²) in [7, 11) is 2.00. The number of pyridine rings is 1. The van der Waals surface area contributed by atoms with Crippen molar-refractivity contribution in [3.05, 3.63) is 72.4 Å². The van der Waals surface area contributed by atoms with E-state index in [1.54, 1.807) is 6.20 Å². The molecule has 2 aromatic carbocycles. The number of nitrogens with one attached hydrogen (secondary N) is 2. The van der Waals surface area contributed by atoms with E-state index in [0.717, 1.165) is 34.2 Å². The number of imidazole rings is 1. The fourth-order valence-corrected chi connectivity index (χ4v) is 3.05. The number of hydrogen-bond acceptors (Lipinski definition) is 4. The largest absolute Gasteiger partial charge is 0.340 e. The van der Waals surface area contributed by atoms with Crippen LogP contribution < -0.4 is 10.6 Å². The van der Waals surface area contributed by atoms with Gasteiger partial charge < -0.3 is 15.2 Å². The third kappa shape index (κ3) is 3.62. The number of fused-ring (bicyclic) bond motifs is 1. The summed E-state index contributed by atoms with van der Waals surface area (Å²) in [6.45, 7) is 4.39. The lowest BCUT2D eigenvalue weighted by atomic mass is 10.0. The zero-order chi connectivity index (χ0) is 18.8. The molecule has 0 bridgehead atoms. The number of anilines is 4. The molecular formula is C22H23N5. The highest BCUT2D eigenvalue weighted by molar-refractivity contribution is 5.82. The Bertz CT molecular complexity index is 1070. The maximum atomic E-state index is 4.65. The lowest BCUT2D eigenvalue weighted by Crippen LogP contribution is -1.99. The van der Waals surface area contributed by atoms with E-state index in [0.29, 0.717) is 5.92 Å². The maximum absolute atomic E-state index is 4.65. The van der Waals surface area contributed by atoms with Gasteiger partial charge in [-0.2, -0.15) is 0 Å². The number of rotatable bonds is 5. The summed E-state index contributed by atoms with van der Waals surface area (Å²) < 4.78 is 2.04. The average molecular weight is 357 g/mol. The predicted molar refractivity (Wildman–Crippen MR) is 112 cm³/mol. The quantitative estimate of drug-likeness (QED) is 0.490. The number of aromatic nitrogens is 3. The highest BCUT2D eigenvalue weighted by atomic mass is 15.2. The topological polar surface area (TPSA) is 54.8 Å². The van der Waals surface area contributed by atoms with Gasteiger partial charge in [-0.05, 0) is 35.7 Å². The van der Waals surface area contributed by atoms with Crippen LogP contribution >= 0.6 is 0 Å². The number of nitrogens with zero attached hydrogens (tertiary/aromatic N) is 3. The van der Waals surface area contributed by atoms with E-state index < -0.39 is 0 Å². The SMILES string of the molecule is CC(C)c1cccc(Nc2cc3c(cn2)nc(Nc2ccccc2)n3C)c1. The molecule has 0 aliphatic heterocycles. The minimum Gasteiger partial charge on any atom is -0.340 e. The summed E-state index contributed by atoms with van der Waals surface area (Å²) in [5.74, 6) is 2.08. The number of hydrogen-bond donors (Lipinski definition) is 2. The van der Waals surface area contributed by atoms with Crippen LogP contribution in [0.2, 0.25) is 0 Å². The lowest BCUT2D eigenvalue weighted by Gasteiger charge is -2.10. The Hall–Kier alpha value is -3.34. The zero-order valence-corrected chi connectivity index (χ0v) is 15.8. The van der Waals surface area contributed by atoms with Crippen molar-refractivity contribution in [2.45, 2.75) is 19.8 Å². The molecule has 27 heavy (non-hydrogen) atoms. The van der Waals surface area contributed by atoms with Gasteiger partial charge in [0.2, 0.25) is 5.95 Å². The molecule has 2 N–H and O–H groups in total. The van der Waals surface area contributed by atoms with Crippen molar-refractivity contribution in [2.75, 3.05) is 10.6 Å². The zero-order valence-electron chi connectivity index (χ0n) is 15.8. The molecule has 5 nitrogen and oxygen atoms in total. The van der Waals surface area contributed by atoms with Crippen molar-refractivity contribution in [1.29, 1.82) is 0 Å². The van der Waals surface area contributed by atoms with Crippen LogP contribution in [0, 0.1) is 0 Å². The second kappa shape index (κ2) is 7.11. The Kier molecular flexibility index (Phi) is 4.50. The number of para-hydroxylation sites is 1. The van der Waals surface area contributed by atoms with Gasteiger partial charge in [-0.15, -0.1) is 0 Å². The molecule has 0 saturated carbocycles. The van der Waals surface area contributed by atoms with Crippen molar-refractivity contribution in [3.63, 3.8) is 0 Å². The van der Waals surface area contributed by atoms with Crippen molar-refractivity contribution >= 4 is 34.2 Å². The Morgan fingerprint density at radius 2 is 1.67 bits per heavy atom. The number of benzene rings is 2. The molecule has 4 aromatic rings. The van der Waals surface area contributed by atoms with Crippen LogP contribution in [0.5, 0.6) is 0 Å². The Morgan fingerprint density at radius 1 is 0.889 bits per heavy atom. The summed E-state index contributed by atoms with van der Waals surface area (Å²) in [6.07, 6.45) is 1.81. The van der Waals surface area contributed by atoms with Gasteiger partial charge in [0.05, 0.1) is 11.7 Å². The molecule has 0 spiro atoms. The first-order valence-electron chi connectivity index (χ1n) is 9.11. The summed E-state index contributed by atoms with van der Waals surface area (Å²) in [5, 5.41) is 6.76. The summed E-state index contributed by atoms with van der Waals surface area (Å²) in [4.78, 5) is 9.18. The van der Waals surface area contributed by atoms with E-state index in [4.69, 9.17) is 0 Å². The van der Waals surface area contributed by atoms with E-state index in [2.05, 4.69) is 58.7 Å². The van der Waals surface area contributed by atoms with Gasteiger partial charge in [-0.3, -0.25) is 0 Å². The van der Waals surface area contributed by atoms with Crippen LogP contribution in [0.25, 0.3) is 11.0 Å². The lowest BCUT2D eigenvalue weighted by molar-refractivity contribution is 0.867. The van der Waals surface area contributed by atoms with Crippen LogP contribution in [0.3, 0.4) is 0 Å². The first-order chi connectivity index (χ1) is 13.1. The van der Waals surface area contributed by atoms with E-state index in [1.165, 1.54) is 5.56 Å². The predicted octanol–water partition coefficient (Wildman–Crippen LogP) is 5.58. The molecule has 0 aliphatic carbocycles. The highest BCUT2D eigenvalue weighted by Crippen LogP contribution is 2.25. The second-order valence-corrected chi connectivity index (χ2v) is 6.95. The van der Waals surface area contributed by atoms with Crippen LogP contribution in [-0.4, -0.2) is 14.5 Å². The van der Waals surface area contributed by atoms with Gasteiger partial charge in [-0.1, -0.05) is 44.2 Å². The maximum Gasteiger partial charge on any atom is 0.208 e. The molecule has 2 aromatic heterocycles. The minimum absolute atomic E-state index is 0.492. The Balaban J connectivity index is 1.62. The molecule has 5 heteroatoms. The molecule has 0 aliphatic rings. The van der Waals surface area contributed by atoms with Crippen LogP contribution in [0.1, 0.15) is 25.3 Å². The monoisotopic (exact) mass is 357 g/mol. The van der Waals surface area contributed by atoms with Crippen LogP contribution in [0.4, 0.5) is 23.1 Å². The summed E-state index contributed by atoms with van der Waals surface area (Å²) in [6, 6.07) is 20.5. The highest BCUT2D eigenvalue weighted by Gasteiger charge is 2.10. The third-order valence-corrected chi connectivity index (χ3v) is 4.62. The van der Waals surface area contributed by atoms with Gasteiger partial charge in [0.15, 0.2) is 0 Å². The van der Waals surface area contributed by atoms with E-state index in [-0.39, 0.29) is 0 Å². The van der Waals surface area contributed by atoms with Gasteiger partial charge in [-0.25, -0.2) is 9.97 Å². The molecule has 4 rings (SSSR count). The van der Waals surface area contributed by atoms with Crippen LogP contribution in [-0.2, 0) is 7.05 Å². The Labute approximate surface area is 159 Å².